The molecule has 0 radical (unpaired) electrons. The first kappa shape index (κ1) is 14.8. The van der Waals surface area contributed by atoms with Crippen molar-refractivity contribution in [3.8, 4) is 17.6 Å². The van der Waals surface area contributed by atoms with Crippen molar-refractivity contribution in [2.75, 3.05) is 12.5 Å². The monoisotopic (exact) mass is 304 g/mol. The Balaban J connectivity index is 1.74. The Bertz CT molecular complexity index is 566. The maximum absolute atomic E-state index is 6.24. The molecule has 0 N–H and O–H groups in total. The quantitative estimate of drug-likeness (QED) is 0.606. The number of halogens is 1. The number of benzene rings is 1. The van der Waals surface area contributed by atoms with Crippen LogP contribution in [-0.2, 0) is 4.74 Å². The van der Waals surface area contributed by atoms with Crippen molar-refractivity contribution in [2.45, 2.75) is 50.7 Å². The molecule has 21 heavy (non-hydrogen) atoms. The zero-order valence-electron chi connectivity index (χ0n) is 12.5. The molecule has 112 valence electrons. The Labute approximate surface area is 131 Å². The van der Waals surface area contributed by atoms with Crippen LogP contribution >= 0.6 is 11.6 Å². The van der Waals surface area contributed by atoms with Gasteiger partial charge in [0.25, 0.3) is 0 Å². The van der Waals surface area contributed by atoms with Gasteiger partial charge in [-0.05, 0) is 43.9 Å². The van der Waals surface area contributed by atoms with Gasteiger partial charge in [-0.15, -0.1) is 11.6 Å². The van der Waals surface area contributed by atoms with Crippen LogP contribution < -0.4 is 4.74 Å². The Kier molecular flexibility index (Phi) is 4.42. The van der Waals surface area contributed by atoms with E-state index in [4.69, 9.17) is 21.1 Å². The summed E-state index contributed by atoms with van der Waals surface area (Å²) in [5.41, 5.74) is 2.23. The van der Waals surface area contributed by atoms with E-state index in [1.54, 1.807) is 0 Å². The number of rotatable bonds is 2. The summed E-state index contributed by atoms with van der Waals surface area (Å²) in [4.78, 5) is 0. The summed E-state index contributed by atoms with van der Waals surface area (Å²) in [7, 11) is 0. The molecule has 2 fully saturated rings. The van der Waals surface area contributed by atoms with E-state index in [-0.39, 0.29) is 11.7 Å². The van der Waals surface area contributed by atoms with Gasteiger partial charge in [-0.2, -0.15) is 0 Å². The van der Waals surface area contributed by atoms with E-state index in [9.17, 15) is 0 Å². The molecule has 1 atom stereocenters. The molecule has 1 aromatic rings. The highest BCUT2D eigenvalue weighted by atomic mass is 35.5. The van der Waals surface area contributed by atoms with Crippen LogP contribution in [0, 0.1) is 18.8 Å². The third-order valence-corrected chi connectivity index (χ3v) is 4.56. The van der Waals surface area contributed by atoms with Gasteiger partial charge in [0.2, 0.25) is 0 Å². The summed E-state index contributed by atoms with van der Waals surface area (Å²) in [5, 5.41) is 0. The summed E-state index contributed by atoms with van der Waals surface area (Å²) in [6.07, 6.45) is 5.84. The van der Waals surface area contributed by atoms with Crippen LogP contribution in [-0.4, -0.2) is 24.2 Å². The van der Waals surface area contributed by atoms with Gasteiger partial charge in [0, 0.05) is 12.8 Å². The second-order valence-corrected chi connectivity index (χ2v) is 6.32. The van der Waals surface area contributed by atoms with Gasteiger partial charge in [0.05, 0.1) is 23.7 Å². The lowest BCUT2D eigenvalue weighted by Crippen LogP contribution is -2.48. The van der Waals surface area contributed by atoms with Crippen molar-refractivity contribution < 1.29 is 9.47 Å². The summed E-state index contributed by atoms with van der Waals surface area (Å²) in [6, 6.07) is 6.16. The first-order chi connectivity index (χ1) is 10.2. The van der Waals surface area contributed by atoms with Crippen LogP contribution in [0.5, 0.6) is 5.75 Å². The second kappa shape index (κ2) is 6.30. The SMILES string of the molecule is Cc1ccc(OC2CCOC3(CCC3)C2)c(C#CCCl)c1. The van der Waals surface area contributed by atoms with Gasteiger partial charge in [0.15, 0.2) is 0 Å². The molecule has 2 aliphatic rings. The van der Waals surface area contributed by atoms with Crippen LogP contribution in [0.2, 0.25) is 0 Å². The molecule has 1 spiro atoms. The highest BCUT2D eigenvalue weighted by molar-refractivity contribution is 6.19. The van der Waals surface area contributed by atoms with E-state index in [2.05, 4.69) is 30.9 Å². The Morgan fingerprint density at radius 1 is 1.43 bits per heavy atom. The molecule has 0 aromatic heterocycles. The molecule has 0 amide bonds. The predicted molar refractivity (Wildman–Crippen MR) is 85.0 cm³/mol. The molecule has 0 bridgehead atoms. The fourth-order valence-electron chi connectivity index (χ4n) is 3.16. The van der Waals surface area contributed by atoms with E-state index >= 15 is 0 Å². The van der Waals surface area contributed by atoms with E-state index in [0.29, 0.717) is 5.88 Å². The summed E-state index contributed by atoms with van der Waals surface area (Å²) in [5.74, 6) is 7.24. The average Bonchev–Trinajstić information content (AvgIpc) is 2.46. The van der Waals surface area contributed by atoms with Crippen molar-refractivity contribution >= 4 is 11.6 Å². The molecule has 1 aromatic carbocycles. The summed E-state index contributed by atoms with van der Waals surface area (Å²) in [6.45, 7) is 2.87. The van der Waals surface area contributed by atoms with Crippen LogP contribution in [0.4, 0.5) is 0 Å². The average molecular weight is 305 g/mol. The molecule has 2 nitrogen and oxygen atoms in total. The standard InChI is InChI=1S/C18H21ClO2/c1-14-5-6-17(15(12-14)4-2-10-19)21-16-7-11-20-18(13-16)8-3-9-18/h5-6,12,16H,3,7-11,13H2,1H3. The largest absolute Gasteiger partial charge is 0.489 e. The molecule has 1 aliphatic heterocycles. The second-order valence-electron chi connectivity index (χ2n) is 6.05. The fraction of sp³-hybridized carbons (Fsp3) is 0.556. The lowest BCUT2D eigenvalue weighted by atomic mass is 9.74. The minimum absolute atomic E-state index is 0.107. The van der Waals surface area contributed by atoms with E-state index in [1.165, 1.54) is 24.8 Å². The Morgan fingerprint density at radius 3 is 3.00 bits per heavy atom. The minimum Gasteiger partial charge on any atom is -0.489 e. The molecule has 1 saturated heterocycles. The fourth-order valence-corrected chi connectivity index (χ4v) is 3.22. The summed E-state index contributed by atoms with van der Waals surface area (Å²) < 4.78 is 12.2. The van der Waals surface area contributed by atoms with Crippen molar-refractivity contribution in [1.82, 2.24) is 0 Å². The maximum atomic E-state index is 6.24. The van der Waals surface area contributed by atoms with Crippen LogP contribution in [0.25, 0.3) is 0 Å². The molecule has 3 rings (SSSR count). The third-order valence-electron chi connectivity index (χ3n) is 4.43. The topological polar surface area (TPSA) is 18.5 Å². The minimum atomic E-state index is 0.107. The summed E-state index contributed by atoms with van der Waals surface area (Å²) >= 11 is 5.67. The highest BCUT2D eigenvalue weighted by Crippen LogP contribution is 2.43. The van der Waals surface area contributed by atoms with Gasteiger partial charge in [-0.1, -0.05) is 17.9 Å². The third kappa shape index (κ3) is 3.36. The van der Waals surface area contributed by atoms with Gasteiger partial charge in [0.1, 0.15) is 11.9 Å². The Morgan fingerprint density at radius 2 is 2.29 bits per heavy atom. The van der Waals surface area contributed by atoms with Crippen molar-refractivity contribution in [2.24, 2.45) is 0 Å². The molecule has 1 aliphatic carbocycles. The lowest BCUT2D eigenvalue weighted by Gasteiger charge is -2.46. The number of hydrogen-bond acceptors (Lipinski definition) is 2. The van der Waals surface area contributed by atoms with Gasteiger partial charge in [-0.3, -0.25) is 0 Å². The normalized spacial score (nSPS) is 23.0. The van der Waals surface area contributed by atoms with Gasteiger partial charge in [-0.25, -0.2) is 0 Å². The van der Waals surface area contributed by atoms with Gasteiger partial charge >= 0.3 is 0 Å². The number of aryl methyl sites for hydroxylation is 1. The Hall–Kier alpha value is -1.17. The van der Waals surface area contributed by atoms with E-state index in [1.807, 2.05) is 6.07 Å². The first-order valence-electron chi connectivity index (χ1n) is 7.67. The zero-order valence-corrected chi connectivity index (χ0v) is 13.2. The van der Waals surface area contributed by atoms with Crippen molar-refractivity contribution in [3.05, 3.63) is 29.3 Å². The highest BCUT2D eigenvalue weighted by Gasteiger charge is 2.43. The molecular formula is C18H21ClO2. The van der Waals surface area contributed by atoms with E-state index < -0.39 is 0 Å². The number of ether oxygens (including phenoxy) is 2. The zero-order chi connectivity index (χ0) is 14.7. The number of hydrogen-bond donors (Lipinski definition) is 0. The smallest absolute Gasteiger partial charge is 0.135 e. The van der Waals surface area contributed by atoms with Crippen LogP contribution in [0.3, 0.4) is 0 Å². The molecule has 1 heterocycles. The number of alkyl halides is 1. The van der Waals surface area contributed by atoms with Crippen molar-refractivity contribution in [1.29, 1.82) is 0 Å². The van der Waals surface area contributed by atoms with Crippen LogP contribution in [0.15, 0.2) is 18.2 Å². The van der Waals surface area contributed by atoms with E-state index in [0.717, 1.165) is 30.8 Å². The maximum Gasteiger partial charge on any atom is 0.135 e. The van der Waals surface area contributed by atoms with Gasteiger partial charge < -0.3 is 9.47 Å². The predicted octanol–water partition coefficient (Wildman–Crippen LogP) is 4.07. The first-order valence-corrected chi connectivity index (χ1v) is 8.20. The van der Waals surface area contributed by atoms with Crippen molar-refractivity contribution in [3.63, 3.8) is 0 Å². The molecular weight excluding hydrogens is 284 g/mol. The molecule has 1 unspecified atom stereocenters. The lowest BCUT2D eigenvalue weighted by molar-refractivity contribution is -0.153. The molecule has 3 heteroatoms. The van der Waals surface area contributed by atoms with Crippen LogP contribution in [0.1, 0.15) is 43.2 Å². The molecule has 1 saturated carbocycles.